The topological polar surface area (TPSA) is 58.1 Å². The van der Waals surface area contributed by atoms with E-state index < -0.39 is 0 Å². The smallest absolute Gasteiger partial charge is 0.224 e. The quantitative estimate of drug-likeness (QED) is 0.833. The van der Waals surface area contributed by atoms with E-state index >= 15 is 0 Å². The Balaban J connectivity index is 2.56. The Kier molecular flexibility index (Phi) is 6.42. The molecule has 1 rings (SSSR count). The van der Waals surface area contributed by atoms with Crippen LogP contribution < -0.4 is 5.32 Å². The van der Waals surface area contributed by atoms with Crippen molar-refractivity contribution in [2.75, 3.05) is 25.0 Å². The van der Waals surface area contributed by atoms with Gasteiger partial charge in [0.2, 0.25) is 11.9 Å². The van der Waals surface area contributed by atoms with Crippen molar-refractivity contribution < 1.29 is 4.79 Å². The average Bonchev–Trinajstić information content (AvgIpc) is 2.39. The third-order valence-electron chi connectivity index (χ3n) is 3.20. The summed E-state index contributed by atoms with van der Waals surface area (Å²) >= 11 is 0. The second-order valence-electron chi connectivity index (χ2n) is 5.16. The fourth-order valence-corrected chi connectivity index (χ4v) is 1.98. The normalized spacial score (nSPS) is 10.7. The van der Waals surface area contributed by atoms with Crippen LogP contribution >= 0.6 is 0 Å². The van der Waals surface area contributed by atoms with Crippen molar-refractivity contribution in [3.63, 3.8) is 0 Å². The largest absolute Gasteiger partial charge is 0.354 e. The number of nitrogens with zero attached hydrogens (tertiary/aromatic N) is 3. The first-order valence-electron chi connectivity index (χ1n) is 7.35. The van der Waals surface area contributed by atoms with Crippen molar-refractivity contribution in [3.05, 3.63) is 17.5 Å². The summed E-state index contributed by atoms with van der Waals surface area (Å²) in [6, 6.07) is 2.00. The number of hydrogen-bond donors (Lipinski definition) is 1. The number of carbonyl (C=O) groups excluding carboxylic acids is 1. The molecule has 1 aromatic heterocycles. The van der Waals surface area contributed by atoms with Gasteiger partial charge in [-0.15, -0.1) is 0 Å². The fraction of sp³-hybridized carbons (Fsp3) is 0.667. The van der Waals surface area contributed by atoms with Gasteiger partial charge in [-0.05, 0) is 32.8 Å². The van der Waals surface area contributed by atoms with E-state index in [0.717, 1.165) is 24.5 Å². The van der Waals surface area contributed by atoms with Gasteiger partial charge >= 0.3 is 0 Å². The molecular weight excluding hydrogens is 252 g/mol. The number of rotatable bonds is 7. The molecule has 0 bridgehead atoms. The molecular formula is C15H26N4O. The summed E-state index contributed by atoms with van der Waals surface area (Å²) in [5, 5.41) is 3.14. The first kappa shape index (κ1) is 16.4. The van der Waals surface area contributed by atoms with E-state index in [0.29, 0.717) is 24.8 Å². The lowest BCUT2D eigenvalue weighted by atomic mass is 10.1. The molecule has 0 aromatic carbocycles. The second kappa shape index (κ2) is 7.82. The van der Waals surface area contributed by atoms with E-state index in [4.69, 9.17) is 0 Å². The van der Waals surface area contributed by atoms with Gasteiger partial charge in [0.25, 0.3) is 0 Å². The molecule has 1 heterocycles. The van der Waals surface area contributed by atoms with Gasteiger partial charge in [0.15, 0.2) is 0 Å². The predicted molar refractivity (Wildman–Crippen MR) is 81.9 cm³/mol. The monoisotopic (exact) mass is 278 g/mol. The van der Waals surface area contributed by atoms with Crippen LogP contribution in [-0.4, -0.2) is 40.4 Å². The highest BCUT2D eigenvalue weighted by atomic mass is 16.2. The number of anilines is 1. The van der Waals surface area contributed by atoms with Crippen molar-refractivity contribution in [3.8, 4) is 0 Å². The van der Waals surface area contributed by atoms with Crippen molar-refractivity contribution in [2.45, 2.75) is 47.0 Å². The van der Waals surface area contributed by atoms with Crippen LogP contribution in [0, 0.1) is 6.92 Å². The molecule has 20 heavy (non-hydrogen) atoms. The molecule has 0 fully saturated rings. The maximum absolute atomic E-state index is 11.9. The third-order valence-corrected chi connectivity index (χ3v) is 3.20. The van der Waals surface area contributed by atoms with Crippen LogP contribution in [-0.2, 0) is 4.79 Å². The minimum absolute atomic E-state index is 0.166. The molecule has 0 saturated heterocycles. The Labute approximate surface area is 121 Å². The van der Waals surface area contributed by atoms with Crippen LogP contribution in [0.15, 0.2) is 6.07 Å². The molecule has 0 aliphatic rings. The summed E-state index contributed by atoms with van der Waals surface area (Å²) in [6.45, 7) is 12.2. The molecule has 0 spiro atoms. The van der Waals surface area contributed by atoms with Gasteiger partial charge in [0.1, 0.15) is 0 Å². The van der Waals surface area contributed by atoms with Crippen LogP contribution in [0.3, 0.4) is 0 Å². The van der Waals surface area contributed by atoms with E-state index in [1.165, 1.54) is 0 Å². The van der Waals surface area contributed by atoms with E-state index in [1.807, 2.05) is 31.7 Å². The Morgan fingerprint density at radius 3 is 2.50 bits per heavy atom. The van der Waals surface area contributed by atoms with Crippen LogP contribution in [0.2, 0.25) is 0 Å². The van der Waals surface area contributed by atoms with Gasteiger partial charge < -0.3 is 10.2 Å². The maximum atomic E-state index is 11.9. The summed E-state index contributed by atoms with van der Waals surface area (Å²) < 4.78 is 0. The van der Waals surface area contributed by atoms with Gasteiger partial charge in [-0.1, -0.05) is 13.8 Å². The third kappa shape index (κ3) is 4.79. The van der Waals surface area contributed by atoms with Gasteiger partial charge in [0, 0.05) is 37.4 Å². The number of aromatic nitrogens is 2. The first-order valence-corrected chi connectivity index (χ1v) is 7.35. The molecule has 112 valence electrons. The second-order valence-corrected chi connectivity index (χ2v) is 5.16. The fourth-order valence-electron chi connectivity index (χ4n) is 1.98. The van der Waals surface area contributed by atoms with Crippen LogP contribution in [0.5, 0.6) is 0 Å². The molecule has 0 unspecified atom stereocenters. The molecule has 0 aliphatic carbocycles. The van der Waals surface area contributed by atoms with Gasteiger partial charge in [-0.3, -0.25) is 4.79 Å². The predicted octanol–water partition coefficient (Wildman–Crippen LogP) is 2.58. The van der Waals surface area contributed by atoms with Crippen molar-refractivity contribution in [1.29, 1.82) is 0 Å². The number of aryl methyl sites for hydroxylation is 1. The lowest BCUT2D eigenvalue weighted by Crippen LogP contribution is -2.31. The van der Waals surface area contributed by atoms with Crippen LogP contribution in [0.4, 0.5) is 5.95 Å². The molecule has 0 saturated carbocycles. The highest BCUT2D eigenvalue weighted by Crippen LogP contribution is 2.14. The highest BCUT2D eigenvalue weighted by molar-refractivity contribution is 5.76. The van der Waals surface area contributed by atoms with Gasteiger partial charge in [0.05, 0.1) is 0 Å². The summed E-state index contributed by atoms with van der Waals surface area (Å²) in [7, 11) is 0. The van der Waals surface area contributed by atoms with E-state index in [1.54, 1.807) is 0 Å². The van der Waals surface area contributed by atoms with Crippen molar-refractivity contribution >= 4 is 11.9 Å². The maximum Gasteiger partial charge on any atom is 0.224 e. The molecule has 0 radical (unpaired) electrons. The lowest BCUT2D eigenvalue weighted by molar-refractivity contribution is -0.130. The van der Waals surface area contributed by atoms with Gasteiger partial charge in [-0.25, -0.2) is 9.97 Å². The van der Waals surface area contributed by atoms with Crippen molar-refractivity contribution in [1.82, 2.24) is 14.9 Å². The summed E-state index contributed by atoms with van der Waals surface area (Å²) in [6.07, 6.45) is 0.468. The Hall–Kier alpha value is -1.65. The highest BCUT2D eigenvalue weighted by Gasteiger charge is 2.10. The lowest BCUT2D eigenvalue weighted by Gasteiger charge is -2.18. The number of nitrogens with one attached hydrogen (secondary N) is 1. The van der Waals surface area contributed by atoms with E-state index in [-0.39, 0.29) is 5.91 Å². The van der Waals surface area contributed by atoms with Crippen molar-refractivity contribution in [2.24, 2.45) is 0 Å². The summed E-state index contributed by atoms with van der Waals surface area (Å²) in [4.78, 5) is 22.5. The summed E-state index contributed by atoms with van der Waals surface area (Å²) in [5.41, 5.74) is 1.97. The molecule has 5 heteroatoms. The zero-order valence-corrected chi connectivity index (χ0v) is 13.2. The number of carbonyl (C=O) groups is 1. The van der Waals surface area contributed by atoms with Gasteiger partial charge in [-0.2, -0.15) is 0 Å². The molecule has 1 aromatic rings. The first-order chi connectivity index (χ1) is 9.47. The van der Waals surface area contributed by atoms with Crippen LogP contribution in [0.1, 0.15) is 51.4 Å². The Bertz CT molecular complexity index is 441. The minimum Gasteiger partial charge on any atom is -0.354 e. The summed E-state index contributed by atoms with van der Waals surface area (Å²) in [5.74, 6) is 1.15. The van der Waals surface area contributed by atoms with E-state index in [2.05, 4.69) is 29.1 Å². The Morgan fingerprint density at radius 1 is 1.30 bits per heavy atom. The Morgan fingerprint density at radius 2 is 1.95 bits per heavy atom. The standard InChI is InChI=1S/C15H26N4O/c1-6-19(7-2)14(20)8-9-16-15-17-12(5)10-13(18-15)11(3)4/h10-11H,6-9H2,1-5H3,(H,16,17,18). The number of hydrogen-bond acceptors (Lipinski definition) is 4. The average molecular weight is 278 g/mol. The molecule has 0 aliphatic heterocycles. The molecule has 0 atom stereocenters. The molecule has 1 amide bonds. The zero-order valence-electron chi connectivity index (χ0n) is 13.2. The number of amides is 1. The molecule has 1 N–H and O–H groups in total. The van der Waals surface area contributed by atoms with E-state index in [9.17, 15) is 4.79 Å². The zero-order chi connectivity index (χ0) is 15.1. The minimum atomic E-state index is 0.166. The molecule has 5 nitrogen and oxygen atoms in total. The SMILES string of the molecule is CCN(CC)C(=O)CCNc1nc(C)cc(C(C)C)n1. The van der Waals surface area contributed by atoms with Crippen LogP contribution in [0.25, 0.3) is 0 Å².